The Balaban J connectivity index is 1.80. The predicted molar refractivity (Wildman–Crippen MR) is 171 cm³/mol. The van der Waals surface area contributed by atoms with Crippen LogP contribution < -0.4 is 9.62 Å². The zero-order chi connectivity index (χ0) is 31.0. The minimum atomic E-state index is -4.13. The summed E-state index contributed by atoms with van der Waals surface area (Å²) in [4.78, 5) is 29.6. The van der Waals surface area contributed by atoms with Crippen LogP contribution >= 0.6 is 0 Å². The van der Waals surface area contributed by atoms with Gasteiger partial charge in [-0.1, -0.05) is 84.4 Å². The van der Waals surface area contributed by atoms with Crippen LogP contribution in [0.4, 0.5) is 5.69 Å². The zero-order valence-electron chi connectivity index (χ0n) is 25.2. The van der Waals surface area contributed by atoms with Gasteiger partial charge in [0, 0.05) is 19.5 Å². The summed E-state index contributed by atoms with van der Waals surface area (Å²) in [5.74, 6) is -0.774. The molecule has 4 aromatic carbocycles. The van der Waals surface area contributed by atoms with Crippen molar-refractivity contribution in [2.75, 3.05) is 17.4 Å². The first-order valence-electron chi connectivity index (χ1n) is 14.4. The molecular formula is C35H39N3O4S. The van der Waals surface area contributed by atoms with Gasteiger partial charge in [0.2, 0.25) is 11.8 Å². The molecular weight excluding hydrogens is 558 g/mol. The molecule has 224 valence electrons. The Labute approximate surface area is 255 Å². The average molecular weight is 598 g/mol. The number of hydrogen-bond acceptors (Lipinski definition) is 4. The second-order valence-corrected chi connectivity index (χ2v) is 12.6. The molecule has 0 heterocycles. The maximum Gasteiger partial charge on any atom is 0.264 e. The van der Waals surface area contributed by atoms with Crippen molar-refractivity contribution in [3.8, 4) is 0 Å². The van der Waals surface area contributed by atoms with E-state index in [2.05, 4.69) is 5.32 Å². The molecule has 0 unspecified atom stereocenters. The van der Waals surface area contributed by atoms with Crippen molar-refractivity contribution in [1.82, 2.24) is 10.2 Å². The third-order valence-electron chi connectivity index (χ3n) is 7.40. The van der Waals surface area contributed by atoms with Gasteiger partial charge in [-0.25, -0.2) is 8.42 Å². The number of benzene rings is 4. The van der Waals surface area contributed by atoms with Gasteiger partial charge < -0.3 is 10.2 Å². The van der Waals surface area contributed by atoms with E-state index in [9.17, 15) is 18.0 Å². The van der Waals surface area contributed by atoms with E-state index in [4.69, 9.17) is 0 Å². The molecule has 7 nitrogen and oxygen atoms in total. The van der Waals surface area contributed by atoms with Crippen LogP contribution in [0.2, 0.25) is 0 Å². The topological polar surface area (TPSA) is 86.8 Å². The fourth-order valence-electron chi connectivity index (χ4n) is 4.97. The fourth-order valence-corrected chi connectivity index (χ4v) is 6.37. The minimum absolute atomic E-state index is 0.0856. The van der Waals surface area contributed by atoms with Gasteiger partial charge in [-0.3, -0.25) is 13.9 Å². The quantitative estimate of drug-likeness (QED) is 0.231. The Kier molecular flexibility index (Phi) is 10.4. The van der Waals surface area contributed by atoms with Crippen molar-refractivity contribution < 1.29 is 18.0 Å². The Morgan fingerprint density at radius 3 is 2.12 bits per heavy atom. The van der Waals surface area contributed by atoms with Gasteiger partial charge in [0.25, 0.3) is 10.0 Å². The summed E-state index contributed by atoms with van der Waals surface area (Å²) in [5.41, 5.74) is 4.90. The summed E-state index contributed by atoms with van der Waals surface area (Å²) in [5, 5.41) is 2.89. The number of rotatable bonds is 12. The van der Waals surface area contributed by atoms with Crippen LogP contribution in [0.3, 0.4) is 0 Å². The number of nitrogens with zero attached hydrogens (tertiary/aromatic N) is 2. The van der Waals surface area contributed by atoms with Crippen LogP contribution in [-0.4, -0.2) is 44.3 Å². The standard InChI is InChI=1S/C35H39N3O4S/c1-5-36-35(40)33(23-29-14-7-6-8-15-29)37(24-30-16-10-9-13-28(30)4)34(39)25-38(31-17-11-12-27(3)22-31)43(41,42)32-20-18-26(2)19-21-32/h6-22,33H,5,23-25H2,1-4H3,(H,36,40)/t33-/m0/s1. The predicted octanol–water partition coefficient (Wildman–Crippen LogP) is 5.58. The fraction of sp³-hybridized carbons (Fsp3) is 0.257. The van der Waals surface area contributed by atoms with Crippen molar-refractivity contribution in [2.45, 2.75) is 51.6 Å². The summed E-state index contributed by atoms with van der Waals surface area (Å²) < 4.78 is 29.3. The van der Waals surface area contributed by atoms with Gasteiger partial charge in [-0.2, -0.15) is 0 Å². The molecule has 4 rings (SSSR count). The number of likely N-dealkylation sites (N-methyl/N-ethyl adjacent to an activating group) is 1. The smallest absolute Gasteiger partial charge is 0.264 e. The number of hydrogen-bond donors (Lipinski definition) is 1. The second kappa shape index (κ2) is 14.2. The molecule has 43 heavy (non-hydrogen) atoms. The highest BCUT2D eigenvalue weighted by molar-refractivity contribution is 7.92. The number of anilines is 1. The van der Waals surface area contributed by atoms with Crippen LogP contribution in [0.25, 0.3) is 0 Å². The second-order valence-electron chi connectivity index (χ2n) is 10.7. The molecule has 0 saturated heterocycles. The molecule has 1 atom stereocenters. The first-order valence-corrected chi connectivity index (χ1v) is 15.9. The molecule has 2 amide bonds. The Hall–Kier alpha value is -4.43. The number of carbonyl (C=O) groups is 2. The molecule has 0 aromatic heterocycles. The van der Waals surface area contributed by atoms with Crippen LogP contribution in [-0.2, 0) is 32.6 Å². The highest BCUT2D eigenvalue weighted by atomic mass is 32.2. The molecule has 0 radical (unpaired) electrons. The van der Waals surface area contributed by atoms with E-state index in [0.717, 1.165) is 32.1 Å². The maximum absolute atomic E-state index is 14.4. The molecule has 4 aromatic rings. The SMILES string of the molecule is CCNC(=O)[C@H](Cc1ccccc1)N(Cc1ccccc1C)C(=O)CN(c1cccc(C)c1)S(=O)(=O)c1ccc(C)cc1. The van der Waals surface area contributed by atoms with E-state index in [1.807, 2.05) is 88.4 Å². The van der Waals surface area contributed by atoms with Crippen molar-refractivity contribution >= 4 is 27.5 Å². The summed E-state index contributed by atoms with van der Waals surface area (Å²) in [6.07, 6.45) is 0.277. The third-order valence-corrected chi connectivity index (χ3v) is 9.19. The minimum Gasteiger partial charge on any atom is -0.355 e. The molecule has 0 fully saturated rings. The van der Waals surface area contributed by atoms with Crippen LogP contribution in [0.1, 0.15) is 34.7 Å². The molecule has 0 aliphatic heterocycles. The molecule has 0 aliphatic rings. The third kappa shape index (κ3) is 7.90. The molecule has 0 bridgehead atoms. The van der Waals surface area contributed by atoms with Crippen LogP contribution in [0, 0.1) is 20.8 Å². The summed E-state index contributed by atoms with van der Waals surface area (Å²) in [6, 6.07) is 30.0. The van der Waals surface area contributed by atoms with Crippen molar-refractivity contribution in [1.29, 1.82) is 0 Å². The molecule has 0 aliphatic carbocycles. The van der Waals surface area contributed by atoms with Gasteiger partial charge in [0.05, 0.1) is 10.6 Å². The monoisotopic (exact) mass is 597 g/mol. The number of aryl methyl sites for hydroxylation is 3. The number of nitrogens with one attached hydrogen (secondary N) is 1. The van der Waals surface area contributed by atoms with E-state index >= 15 is 0 Å². The lowest BCUT2D eigenvalue weighted by Gasteiger charge is -2.34. The lowest BCUT2D eigenvalue weighted by atomic mass is 10.0. The number of carbonyl (C=O) groups excluding carboxylic acids is 2. The van der Waals surface area contributed by atoms with Crippen LogP contribution in [0.5, 0.6) is 0 Å². The Bertz CT molecular complexity index is 1650. The van der Waals surface area contributed by atoms with Gasteiger partial charge in [0.1, 0.15) is 12.6 Å². The van der Waals surface area contributed by atoms with E-state index < -0.39 is 28.5 Å². The number of amides is 2. The van der Waals surface area contributed by atoms with Gasteiger partial charge in [-0.15, -0.1) is 0 Å². The first kappa shape index (κ1) is 31.5. The lowest BCUT2D eigenvalue weighted by Crippen LogP contribution is -2.53. The van der Waals surface area contributed by atoms with Gasteiger partial charge in [0.15, 0.2) is 0 Å². The zero-order valence-corrected chi connectivity index (χ0v) is 26.0. The van der Waals surface area contributed by atoms with E-state index in [-0.39, 0.29) is 23.8 Å². The van der Waals surface area contributed by atoms with Crippen molar-refractivity contribution in [3.05, 3.63) is 131 Å². The Morgan fingerprint density at radius 2 is 1.47 bits per heavy atom. The first-order chi connectivity index (χ1) is 20.6. The Morgan fingerprint density at radius 1 is 0.791 bits per heavy atom. The summed E-state index contributed by atoms with van der Waals surface area (Å²) in [7, 11) is -4.13. The molecule has 8 heteroatoms. The van der Waals surface area contributed by atoms with Crippen LogP contribution in [0.15, 0.2) is 108 Å². The summed E-state index contributed by atoms with van der Waals surface area (Å²) in [6.45, 7) is 7.61. The molecule has 0 saturated carbocycles. The van der Waals surface area contributed by atoms with Gasteiger partial charge in [-0.05, 0) is 74.2 Å². The van der Waals surface area contributed by atoms with E-state index in [1.54, 1.807) is 42.5 Å². The highest BCUT2D eigenvalue weighted by Gasteiger charge is 2.34. The van der Waals surface area contributed by atoms with Crippen molar-refractivity contribution in [3.63, 3.8) is 0 Å². The van der Waals surface area contributed by atoms with Gasteiger partial charge >= 0.3 is 0 Å². The summed E-state index contributed by atoms with van der Waals surface area (Å²) >= 11 is 0. The molecule has 1 N–H and O–H groups in total. The van der Waals surface area contributed by atoms with E-state index in [0.29, 0.717) is 12.2 Å². The average Bonchev–Trinajstić information content (AvgIpc) is 2.99. The van der Waals surface area contributed by atoms with Crippen molar-refractivity contribution in [2.24, 2.45) is 0 Å². The van der Waals surface area contributed by atoms with E-state index in [1.165, 1.54) is 4.90 Å². The largest absolute Gasteiger partial charge is 0.355 e. The molecule has 0 spiro atoms. The lowest BCUT2D eigenvalue weighted by molar-refractivity contribution is -0.140. The number of sulfonamides is 1. The maximum atomic E-state index is 14.4. The highest BCUT2D eigenvalue weighted by Crippen LogP contribution is 2.26. The normalized spacial score (nSPS) is 11.9.